The molecule has 0 aromatic carbocycles. The molecule has 1 aliphatic heterocycles. The van der Waals surface area contributed by atoms with Crippen molar-refractivity contribution < 1.29 is 4.79 Å². The summed E-state index contributed by atoms with van der Waals surface area (Å²) in [4.78, 5) is 25.3. The molecule has 2 rings (SSSR count). The first-order chi connectivity index (χ1) is 9.16. The lowest BCUT2D eigenvalue weighted by Gasteiger charge is -2.35. The van der Waals surface area contributed by atoms with Gasteiger partial charge in [0, 0.05) is 37.8 Å². The highest BCUT2D eigenvalue weighted by atomic mass is 16.1. The van der Waals surface area contributed by atoms with Gasteiger partial charge in [0.1, 0.15) is 5.78 Å². The van der Waals surface area contributed by atoms with Crippen LogP contribution in [0.3, 0.4) is 0 Å². The highest BCUT2D eigenvalue weighted by Crippen LogP contribution is 2.19. The number of carbonyl (C=O) groups excluding carboxylic acids is 1. The molecule has 19 heavy (non-hydrogen) atoms. The van der Waals surface area contributed by atoms with Crippen LogP contribution in [0.1, 0.15) is 32.6 Å². The number of hydrogen-bond donors (Lipinski definition) is 0. The Hall–Kier alpha value is -1.42. The van der Waals surface area contributed by atoms with Crippen molar-refractivity contribution in [3.63, 3.8) is 0 Å². The minimum absolute atomic E-state index is 0.0441. The van der Waals surface area contributed by atoms with Gasteiger partial charge in [0.15, 0.2) is 0 Å². The second-order valence-corrected chi connectivity index (χ2v) is 5.32. The van der Waals surface area contributed by atoms with Crippen LogP contribution in [0.2, 0.25) is 0 Å². The molecule has 0 N–H and O–H groups in total. The third kappa shape index (κ3) is 4.03. The smallest absolute Gasteiger partial charge is 0.250 e. The average molecular weight is 262 g/mol. The van der Waals surface area contributed by atoms with Crippen LogP contribution in [0, 0.1) is 0 Å². The molecule has 1 unspecified atom stereocenters. The van der Waals surface area contributed by atoms with Crippen LogP contribution in [0.15, 0.2) is 29.2 Å². The van der Waals surface area contributed by atoms with Crippen molar-refractivity contribution in [3.8, 4) is 0 Å². The summed E-state index contributed by atoms with van der Waals surface area (Å²) in [6.07, 6.45) is 5.97. The zero-order valence-electron chi connectivity index (χ0n) is 11.5. The fourth-order valence-electron chi connectivity index (χ4n) is 2.80. The van der Waals surface area contributed by atoms with Crippen molar-refractivity contribution in [3.05, 3.63) is 34.7 Å². The van der Waals surface area contributed by atoms with E-state index in [2.05, 4.69) is 4.90 Å². The third-order valence-electron chi connectivity index (χ3n) is 3.80. The second kappa shape index (κ2) is 6.66. The van der Waals surface area contributed by atoms with Crippen molar-refractivity contribution in [2.45, 2.75) is 45.2 Å². The van der Waals surface area contributed by atoms with E-state index in [1.807, 2.05) is 12.3 Å². The van der Waals surface area contributed by atoms with Gasteiger partial charge < -0.3 is 4.57 Å². The van der Waals surface area contributed by atoms with Gasteiger partial charge in [-0.15, -0.1) is 0 Å². The van der Waals surface area contributed by atoms with Gasteiger partial charge in [-0.2, -0.15) is 0 Å². The number of likely N-dealkylation sites (tertiary alicyclic amines) is 1. The molecular formula is C15H22N2O2. The molecule has 1 fully saturated rings. The Bertz CT molecular complexity index is 481. The van der Waals surface area contributed by atoms with Crippen LogP contribution >= 0.6 is 0 Å². The zero-order chi connectivity index (χ0) is 13.7. The largest absolute Gasteiger partial charge is 0.314 e. The predicted molar refractivity (Wildman–Crippen MR) is 75.2 cm³/mol. The van der Waals surface area contributed by atoms with Gasteiger partial charge in [-0.05, 0) is 32.4 Å². The Labute approximate surface area is 114 Å². The van der Waals surface area contributed by atoms with Crippen molar-refractivity contribution >= 4 is 5.78 Å². The molecule has 4 nitrogen and oxygen atoms in total. The topological polar surface area (TPSA) is 42.3 Å². The Morgan fingerprint density at radius 1 is 1.32 bits per heavy atom. The second-order valence-electron chi connectivity index (χ2n) is 5.32. The minimum atomic E-state index is 0.0441. The summed E-state index contributed by atoms with van der Waals surface area (Å²) in [5.74, 6) is 0.258. The number of carbonyl (C=O) groups is 1. The number of rotatable bonds is 5. The number of ketones is 1. The van der Waals surface area contributed by atoms with Crippen LogP contribution in [0.25, 0.3) is 0 Å². The molecule has 1 saturated heterocycles. The van der Waals surface area contributed by atoms with Gasteiger partial charge in [0.2, 0.25) is 0 Å². The molecule has 0 saturated carbocycles. The Morgan fingerprint density at radius 3 is 2.89 bits per heavy atom. The molecule has 2 heterocycles. The lowest BCUT2D eigenvalue weighted by atomic mass is 9.98. The maximum Gasteiger partial charge on any atom is 0.250 e. The fraction of sp³-hybridized carbons (Fsp3) is 0.600. The Balaban J connectivity index is 1.94. The van der Waals surface area contributed by atoms with Crippen LogP contribution in [-0.2, 0) is 11.3 Å². The van der Waals surface area contributed by atoms with Crippen molar-refractivity contribution in [2.75, 3.05) is 13.1 Å². The number of pyridine rings is 1. The maximum atomic E-state index is 11.6. The summed E-state index contributed by atoms with van der Waals surface area (Å²) in [5.41, 5.74) is 0.0441. The Kier molecular flexibility index (Phi) is 4.91. The van der Waals surface area contributed by atoms with Crippen molar-refractivity contribution in [1.82, 2.24) is 9.47 Å². The number of piperidine rings is 1. The van der Waals surface area contributed by atoms with Gasteiger partial charge in [0.25, 0.3) is 5.56 Å². The summed E-state index contributed by atoms with van der Waals surface area (Å²) in [5, 5.41) is 0. The average Bonchev–Trinajstić information content (AvgIpc) is 2.39. The lowest BCUT2D eigenvalue weighted by Crippen LogP contribution is -2.42. The lowest BCUT2D eigenvalue weighted by molar-refractivity contribution is -0.118. The molecular weight excluding hydrogens is 240 g/mol. The summed E-state index contributed by atoms with van der Waals surface area (Å²) in [6.45, 7) is 4.25. The monoisotopic (exact) mass is 262 g/mol. The van der Waals surface area contributed by atoms with Crippen LogP contribution in [0.5, 0.6) is 0 Å². The van der Waals surface area contributed by atoms with E-state index in [9.17, 15) is 9.59 Å². The quantitative estimate of drug-likeness (QED) is 0.811. The van der Waals surface area contributed by atoms with Gasteiger partial charge >= 0.3 is 0 Å². The number of aromatic nitrogens is 1. The molecule has 1 aromatic heterocycles. The number of Topliss-reactive ketones (excluding diaryl/α,β-unsaturated/α-hetero) is 1. The molecule has 0 bridgehead atoms. The van der Waals surface area contributed by atoms with Crippen molar-refractivity contribution in [2.24, 2.45) is 0 Å². The summed E-state index contributed by atoms with van der Waals surface area (Å²) < 4.78 is 1.74. The first-order valence-electron chi connectivity index (χ1n) is 7.06. The highest BCUT2D eigenvalue weighted by Gasteiger charge is 2.23. The SMILES string of the molecule is CC(=O)CC1CCCCN1CCn1ccccc1=O. The summed E-state index contributed by atoms with van der Waals surface area (Å²) in [7, 11) is 0. The normalized spacial score (nSPS) is 20.4. The van der Waals surface area contributed by atoms with E-state index in [-0.39, 0.29) is 11.3 Å². The van der Waals surface area contributed by atoms with Gasteiger partial charge in [-0.3, -0.25) is 14.5 Å². The number of hydrogen-bond acceptors (Lipinski definition) is 3. The number of nitrogens with zero attached hydrogens (tertiary/aromatic N) is 2. The van der Waals surface area contributed by atoms with Gasteiger partial charge in [-0.25, -0.2) is 0 Å². The first kappa shape index (κ1) is 14.0. The van der Waals surface area contributed by atoms with E-state index >= 15 is 0 Å². The maximum absolute atomic E-state index is 11.6. The van der Waals surface area contributed by atoms with Crippen LogP contribution < -0.4 is 5.56 Å². The minimum Gasteiger partial charge on any atom is -0.314 e. The molecule has 1 aromatic rings. The Morgan fingerprint density at radius 2 is 2.16 bits per heavy atom. The molecule has 0 amide bonds. The van der Waals surface area contributed by atoms with Crippen LogP contribution in [-0.4, -0.2) is 34.4 Å². The fourth-order valence-corrected chi connectivity index (χ4v) is 2.80. The standard InChI is InChI=1S/C15H22N2O2/c1-13(18)12-14-6-2-4-8-16(14)10-11-17-9-5-3-7-15(17)19/h3,5,7,9,14H,2,4,6,8,10-12H2,1H3. The zero-order valence-corrected chi connectivity index (χ0v) is 11.5. The molecule has 1 atom stereocenters. The predicted octanol–water partition coefficient (Wildman–Crippen LogP) is 1.68. The van der Waals surface area contributed by atoms with E-state index in [1.165, 1.54) is 12.8 Å². The first-order valence-corrected chi connectivity index (χ1v) is 7.06. The van der Waals surface area contributed by atoms with E-state index < -0.39 is 0 Å². The van der Waals surface area contributed by atoms with E-state index in [0.29, 0.717) is 19.0 Å². The molecule has 0 radical (unpaired) electrons. The third-order valence-corrected chi connectivity index (χ3v) is 3.80. The molecule has 0 spiro atoms. The molecule has 104 valence electrons. The van der Waals surface area contributed by atoms with Gasteiger partial charge in [0.05, 0.1) is 0 Å². The van der Waals surface area contributed by atoms with E-state index in [1.54, 1.807) is 23.6 Å². The van der Waals surface area contributed by atoms with Gasteiger partial charge in [-0.1, -0.05) is 12.5 Å². The van der Waals surface area contributed by atoms with Crippen LogP contribution in [0.4, 0.5) is 0 Å². The molecule has 0 aliphatic carbocycles. The molecule has 1 aliphatic rings. The summed E-state index contributed by atoms with van der Waals surface area (Å²) >= 11 is 0. The highest BCUT2D eigenvalue weighted by molar-refractivity contribution is 5.76. The summed E-state index contributed by atoms with van der Waals surface area (Å²) in [6, 6.07) is 5.59. The van der Waals surface area contributed by atoms with E-state index in [0.717, 1.165) is 19.5 Å². The molecule has 4 heteroatoms. The van der Waals surface area contributed by atoms with E-state index in [4.69, 9.17) is 0 Å². The van der Waals surface area contributed by atoms with Crippen molar-refractivity contribution in [1.29, 1.82) is 0 Å².